The number of rotatable bonds is 4. The predicted molar refractivity (Wildman–Crippen MR) is 79.0 cm³/mol. The maximum absolute atomic E-state index is 12.7. The molecule has 3 aromatic rings. The number of hydrogen-bond donors (Lipinski definition) is 0. The Kier molecular flexibility index (Phi) is 4.40. The second-order valence-corrected chi connectivity index (χ2v) is 5.09. The summed E-state index contributed by atoms with van der Waals surface area (Å²) in [6.07, 6.45) is -1.34. The summed E-state index contributed by atoms with van der Waals surface area (Å²) in [6, 6.07) is 7.31. The summed E-state index contributed by atoms with van der Waals surface area (Å²) in [5.41, 5.74) is -0.234. The van der Waals surface area contributed by atoms with E-state index in [9.17, 15) is 8.78 Å². The van der Waals surface area contributed by atoms with Crippen molar-refractivity contribution in [3.05, 3.63) is 52.4 Å². The number of halogens is 4. The number of ether oxygens (including phenoxy) is 1. The lowest BCUT2D eigenvalue weighted by atomic mass is 10.1. The van der Waals surface area contributed by atoms with Crippen molar-refractivity contribution in [3.8, 4) is 23.1 Å². The fourth-order valence-corrected chi connectivity index (χ4v) is 2.19. The Hall–Kier alpha value is -2.25. The molecule has 23 heavy (non-hydrogen) atoms. The Morgan fingerprint density at radius 1 is 1.17 bits per heavy atom. The maximum atomic E-state index is 12.7. The van der Waals surface area contributed by atoms with Gasteiger partial charge in [0.05, 0.1) is 10.6 Å². The minimum atomic E-state index is -2.75. The summed E-state index contributed by atoms with van der Waals surface area (Å²) in [5.74, 6) is 0.264. The summed E-state index contributed by atoms with van der Waals surface area (Å²) in [6.45, 7) is 0. The summed E-state index contributed by atoms with van der Waals surface area (Å²) in [4.78, 5) is 7.79. The van der Waals surface area contributed by atoms with Crippen molar-refractivity contribution < 1.29 is 18.0 Å². The highest BCUT2D eigenvalue weighted by molar-refractivity contribution is 6.33. The molecule has 0 spiro atoms. The molecule has 1 aromatic carbocycles. The molecular weight excluding hydrogens is 351 g/mol. The molecule has 0 aliphatic heterocycles. The molecule has 5 nitrogen and oxygen atoms in total. The van der Waals surface area contributed by atoms with E-state index in [4.69, 9.17) is 32.5 Å². The third-order valence-corrected chi connectivity index (χ3v) is 3.30. The van der Waals surface area contributed by atoms with Crippen molar-refractivity contribution in [3.63, 3.8) is 0 Å². The Morgan fingerprint density at radius 2 is 2.00 bits per heavy atom. The van der Waals surface area contributed by atoms with E-state index >= 15 is 0 Å². The van der Waals surface area contributed by atoms with Gasteiger partial charge in [0, 0.05) is 12.3 Å². The predicted octanol–water partition coefficient (Wildman–Crippen LogP) is 5.17. The Bertz CT molecular complexity index is 842. The van der Waals surface area contributed by atoms with Gasteiger partial charge in [-0.3, -0.25) is 0 Å². The highest BCUT2D eigenvalue weighted by atomic mass is 35.5. The van der Waals surface area contributed by atoms with Crippen LogP contribution in [0, 0.1) is 0 Å². The van der Waals surface area contributed by atoms with Gasteiger partial charge in [-0.2, -0.15) is 4.98 Å². The molecule has 118 valence electrons. The molecule has 0 aliphatic rings. The Balaban J connectivity index is 2.02. The molecule has 0 bridgehead atoms. The van der Waals surface area contributed by atoms with E-state index in [0.29, 0.717) is 0 Å². The van der Waals surface area contributed by atoms with Gasteiger partial charge in [0.2, 0.25) is 0 Å². The Morgan fingerprint density at radius 3 is 2.70 bits per heavy atom. The van der Waals surface area contributed by atoms with Crippen LogP contribution in [-0.2, 0) is 0 Å². The summed E-state index contributed by atoms with van der Waals surface area (Å²) < 4.78 is 35.8. The SMILES string of the molecule is FC(F)c1cc(-c2c(Cl)cccc2Oc2nccc(Cl)n2)on1. The fraction of sp³-hybridized carbons (Fsp3) is 0.0714. The van der Waals surface area contributed by atoms with Gasteiger partial charge in [0.1, 0.15) is 16.6 Å². The first-order valence-corrected chi connectivity index (χ1v) is 7.00. The average molecular weight is 358 g/mol. The minimum Gasteiger partial charge on any atom is -0.423 e. The monoisotopic (exact) mass is 357 g/mol. The first-order chi connectivity index (χ1) is 11.0. The first kappa shape index (κ1) is 15.6. The summed E-state index contributed by atoms with van der Waals surface area (Å²) >= 11 is 11.9. The smallest absolute Gasteiger partial charge is 0.323 e. The molecule has 2 aromatic heterocycles. The van der Waals surface area contributed by atoms with E-state index in [1.807, 2.05) is 0 Å². The molecule has 0 amide bonds. The molecule has 0 fully saturated rings. The van der Waals surface area contributed by atoms with Crippen molar-refractivity contribution in [1.29, 1.82) is 0 Å². The molecular formula is C14H7Cl2F2N3O2. The van der Waals surface area contributed by atoms with Gasteiger partial charge in [-0.1, -0.05) is 34.4 Å². The van der Waals surface area contributed by atoms with E-state index in [1.165, 1.54) is 12.3 Å². The molecule has 0 unspecified atom stereocenters. The zero-order chi connectivity index (χ0) is 16.4. The topological polar surface area (TPSA) is 61.0 Å². The lowest BCUT2D eigenvalue weighted by molar-refractivity contribution is 0.140. The third kappa shape index (κ3) is 3.40. The van der Waals surface area contributed by atoms with Crippen molar-refractivity contribution >= 4 is 23.2 Å². The lowest BCUT2D eigenvalue weighted by Gasteiger charge is -2.09. The molecule has 9 heteroatoms. The van der Waals surface area contributed by atoms with Crippen molar-refractivity contribution in [1.82, 2.24) is 15.1 Å². The second-order valence-electron chi connectivity index (χ2n) is 4.29. The van der Waals surface area contributed by atoms with Crippen LogP contribution < -0.4 is 4.74 Å². The third-order valence-electron chi connectivity index (χ3n) is 2.77. The van der Waals surface area contributed by atoms with Gasteiger partial charge < -0.3 is 9.26 Å². The maximum Gasteiger partial charge on any atom is 0.323 e. The van der Waals surface area contributed by atoms with Gasteiger partial charge in [-0.25, -0.2) is 13.8 Å². The molecule has 0 saturated carbocycles. The first-order valence-electron chi connectivity index (χ1n) is 6.24. The molecule has 0 N–H and O–H groups in total. The van der Waals surface area contributed by atoms with Crippen LogP contribution in [0.1, 0.15) is 12.1 Å². The largest absolute Gasteiger partial charge is 0.423 e. The molecule has 0 radical (unpaired) electrons. The number of alkyl halides is 2. The molecule has 0 aliphatic carbocycles. The van der Waals surface area contributed by atoms with Gasteiger partial charge in [0.15, 0.2) is 5.76 Å². The minimum absolute atomic E-state index is 0.0189. The van der Waals surface area contributed by atoms with Gasteiger partial charge in [0.25, 0.3) is 6.43 Å². The molecule has 0 atom stereocenters. The highest BCUT2D eigenvalue weighted by Crippen LogP contribution is 2.39. The number of aromatic nitrogens is 3. The summed E-state index contributed by atoms with van der Waals surface area (Å²) in [5, 5.41) is 3.73. The number of nitrogens with zero attached hydrogens (tertiary/aromatic N) is 3. The van der Waals surface area contributed by atoms with E-state index in [-0.39, 0.29) is 33.3 Å². The van der Waals surface area contributed by atoms with Crippen LogP contribution in [0.15, 0.2) is 41.1 Å². The van der Waals surface area contributed by atoms with E-state index in [2.05, 4.69) is 15.1 Å². The van der Waals surface area contributed by atoms with E-state index in [0.717, 1.165) is 6.07 Å². The second kappa shape index (κ2) is 6.47. The molecule has 2 heterocycles. The quantitative estimate of drug-likeness (QED) is 0.603. The van der Waals surface area contributed by atoms with Gasteiger partial charge in [-0.15, -0.1) is 0 Å². The number of benzene rings is 1. The average Bonchev–Trinajstić information content (AvgIpc) is 2.97. The van der Waals surface area contributed by atoms with Gasteiger partial charge >= 0.3 is 6.01 Å². The normalized spacial score (nSPS) is 11.0. The van der Waals surface area contributed by atoms with Crippen molar-refractivity contribution in [2.75, 3.05) is 0 Å². The van der Waals surface area contributed by atoms with Crippen molar-refractivity contribution in [2.24, 2.45) is 0 Å². The van der Waals surface area contributed by atoms with Crippen LogP contribution >= 0.6 is 23.2 Å². The Labute approximate surface area is 138 Å². The van der Waals surface area contributed by atoms with Gasteiger partial charge in [-0.05, 0) is 18.2 Å². The van der Waals surface area contributed by atoms with Crippen LogP contribution in [0.25, 0.3) is 11.3 Å². The lowest BCUT2D eigenvalue weighted by Crippen LogP contribution is -1.93. The van der Waals surface area contributed by atoms with Crippen molar-refractivity contribution in [2.45, 2.75) is 6.43 Å². The van der Waals surface area contributed by atoms with Crippen LogP contribution in [-0.4, -0.2) is 15.1 Å². The number of hydrogen-bond acceptors (Lipinski definition) is 5. The van der Waals surface area contributed by atoms with Crippen LogP contribution in [0.5, 0.6) is 11.8 Å². The zero-order valence-electron chi connectivity index (χ0n) is 11.2. The fourth-order valence-electron chi connectivity index (χ4n) is 1.81. The molecule has 0 saturated heterocycles. The van der Waals surface area contributed by atoms with E-state index < -0.39 is 12.1 Å². The van der Waals surface area contributed by atoms with E-state index in [1.54, 1.807) is 18.2 Å². The van der Waals surface area contributed by atoms with Crippen LogP contribution in [0.4, 0.5) is 8.78 Å². The highest BCUT2D eigenvalue weighted by Gasteiger charge is 2.20. The summed E-state index contributed by atoms with van der Waals surface area (Å²) in [7, 11) is 0. The molecule has 3 rings (SSSR count). The van der Waals surface area contributed by atoms with Crippen LogP contribution in [0.3, 0.4) is 0 Å². The standard InChI is InChI=1S/C14H7Cl2F2N3O2/c15-7-2-1-3-9(22-14-19-5-4-11(16)20-14)12(7)10-6-8(13(17)18)21-23-10/h1-6,13H. The van der Waals surface area contributed by atoms with Crippen LogP contribution in [0.2, 0.25) is 10.2 Å². The zero-order valence-corrected chi connectivity index (χ0v) is 12.7.